The van der Waals surface area contributed by atoms with Crippen LogP contribution in [0.15, 0.2) is 42.0 Å². The van der Waals surface area contributed by atoms with Gasteiger partial charge in [-0.2, -0.15) is 0 Å². The zero-order valence-electron chi connectivity index (χ0n) is 22.3. The van der Waals surface area contributed by atoms with Crippen molar-refractivity contribution in [2.24, 2.45) is 0 Å². The van der Waals surface area contributed by atoms with Gasteiger partial charge in [-0.25, -0.2) is 0 Å². The first-order chi connectivity index (χ1) is 19.0. The largest absolute Gasteiger partial charge is 0.872 e. The normalized spacial score (nSPS) is 20.8. The van der Waals surface area contributed by atoms with Crippen LogP contribution in [0, 0.1) is 0 Å². The number of Topliss-reactive ketones (excluding diaryl/α,β-unsaturated/α-hetero) is 1. The van der Waals surface area contributed by atoms with Crippen molar-refractivity contribution in [3.8, 4) is 23.0 Å². The van der Waals surface area contributed by atoms with E-state index in [9.17, 15) is 14.7 Å². The first-order valence-electron chi connectivity index (χ1n) is 13.5. The number of quaternary nitrogens is 1. The molecule has 0 saturated carbocycles. The Morgan fingerprint density at radius 3 is 2.41 bits per heavy atom. The molecule has 39 heavy (non-hydrogen) atoms. The molecule has 2 aromatic rings. The van der Waals surface area contributed by atoms with E-state index in [1.54, 1.807) is 36.4 Å². The molecule has 1 unspecified atom stereocenters. The molecule has 0 bridgehead atoms. The van der Waals surface area contributed by atoms with Crippen molar-refractivity contribution in [2.45, 2.75) is 19.9 Å². The summed E-state index contributed by atoms with van der Waals surface area (Å²) in [5.74, 6) is 0.0495. The molecule has 3 heterocycles. The number of rotatable bonds is 9. The number of nitrogens with one attached hydrogen (secondary N) is 1. The fourth-order valence-electron chi connectivity index (χ4n) is 5.21. The molecule has 1 atom stereocenters. The number of carbonyl (C=O) groups excluding carboxylic acids is 2. The van der Waals surface area contributed by atoms with Gasteiger partial charge < -0.3 is 38.6 Å². The predicted octanol–water partition coefficient (Wildman–Crippen LogP) is 0.394. The lowest BCUT2D eigenvalue weighted by Crippen LogP contribution is -3.14. The molecule has 1 amide bonds. The topological polar surface area (TPSA) is 111 Å². The van der Waals surface area contributed by atoms with E-state index < -0.39 is 23.5 Å². The van der Waals surface area contributed by atoms with Crippen LogP contribution in [0.4, 0.5) is 0 Å². The van der Waals surface area contributed by atoms with E-state index in [2.05, 4.69) is 0 Å². The minimum Gasteiger partial charge on any atom is -0.872 e. The zero-order chi connectivity index (χ0) is 27.4. The van der Waals surface area contributed by atoms with Crippen LogP contribution in [0.25, 0.3) is 5.76 Å². The van der Waals surface area contributed by atoms with Gasteiger partial charge in [0.05, 0.1) is 45.6 Å². The lowest BCUT2D eigenvalue weighted by atomic mass is 9.94. The lowest BCUT2D eigenvalue weighted by molar-refractivity contribution is -0.907. The number of ketones is 1. The first kappa shape index (κ1) is 26.8. The third-order valence-corrected chi connectivity index (χ3v) is 7.12. The van der Waals surface area contributed by atoms with Crippen molar-refractivity contribution in [3.63, 3.8) is 0 Å². The summed E-state index contributed by atoms with van der Waals surface area (Å²) in [5, 5.41) is 13.9. The Bertz CT molecular complexity index is 1250. The van der Waals surface area contributed by atoms with Gasteiger partial charge in [0, 0.05) is 5.57 Å². The van der Waals surface area contributed by atoms with Crippen molar-refractivity contribution in [1.29, 1.82) is 0 Å². The Hall–Kier alpha value is -3.76. The van der Waals surface area contributed by atoms with E-state index in [0.717, 1.165) is 13.1 Å². The molecule has 10 nitrogen and oxygen atoms in total. The maximum atomic E-state index is 13.9. The number of carbonyl (C=O) groups is 2. The van der Waals surface area contributed by atoms with Crippen LogP contribution in [0.5, 0.6) is 23.0 Å². The maximum absolute atomic E-state index is 13.9. The molecule has 2 saturated heterocycles. The van der Waals surface area contributed by atoms with Crippen LogP contribution in [0.1, 0.15) is 31.0 Å². The van der Waals surface area contributed by atoms with Gasteiger partial charge in [0.15, 0.2) is 23.0 Å². The number of likely N-dealkylation sites (tertiary alicyclic amines) is 1. The summed E-state index contributed by atoms with van der Waals surface area (Å²) >= 11 is 0. The molecule has 0 spiro atoms. The van der Waals surface area contributed by atoms with Crippen molar-refractivity contribution >= 4 is 17.4 Å². The van der Waals surface area contributed by atoms with Crippen molar-refractivity contribution in [3.05, 3.63) is 53.1 Å². The monoisotopic (exact) mass is 538 g/mol. The molecular formula is C29H34N2O8. The Labute approximate surface area is 227 Å². The van der Waals surface area contributed by atoms with Gasteiger partial charge in [0.2, 0.25) is 5.78 Å². The fourth-order valence-corrected chi connectivity index (χ4v) is 5.21. The fraction of sp³-hybridized carbons (Fsp3) is 0.448. The molecule has 1 N–H and O–H groups in total. The summed E-state index contributed by atoms with van der Waals surface area (Å²) < 4.78 is 28.2. The van der Waals surface area contributed by atoms with Gasteiger partial charge >= 0.3 is 0 Å². The maximum Gasteiger partial charge on any atom is 0.295 e. The Morgan fingerprint density at radius 1 is 0.949 bits per heavy atom. The van der Waals surface area contributed by atoms with Crippen LogP contribution in [0.2, 0.25) is 0 Å². The highest BCUT2D eigenvalue weighted by Gasteiger charge is 2.45. The van der Waals surface area contributed by atoms with Gasteiger partial charge in [-0.15, -0.1) is 0 Å². The zero-order valence-corrected chi connectivity index (χ0v) is 22.3. The third-order valence-electron chi connectivity index (χ3n) is 7.12. The quantitative estimate of drug-likeness (QED) is 0.278. The average molecular weight is 539 g/mol. The second-order valence-corrected chi connectivity index (χ2v) is 9.52. The summed E-state index contributed by atoms with van der Waals surface area (Å²) in [6.07, 6.45) is 0. The van der Waals surface area contributed by atoms with Gasteiger partial charge in [-0.1, -0.05) is 17.9 Å². The SMILES string of the molecule is CCOc1ccc(C2C(=C([O-])c3ccc4c(c3)OCCO4)C(=O)C(=O)N2CC[NH+]2CCOCC2)cc1OCC. The smallest absolute Gasteiger partial charge is 0.295 e. The second kappa shape index (κ2) is 12.0. The number of nitrogens with zero attached hydrogens (tertiary/aromatic N) is 1. The van der Waals surface area contributed by atoms with E-state index in [1.807, 2.05) is 13.8 Å². The minimum atomic E-state index is -0.860. The molecular weight excluding hydrogens is 504 g/mol. The van der Waals surface area contributed by atoms with Crippen LogP contribution in [-0.2, 0) is 14.3 Å². The summed E-state index contributed by atoms with van der Waals surface area (Å²) in [6, 6.07) is 9.27. The summed E-state index contributed by atoms with van der Waals surface area (Å²) in [4.78, 5) is 29.6. The number of fused-ring (bicyclic) bond motifs is 1. The van der Waals surface area contributed by atoms with Crippen molar-refractivity contribution in [1.82, 2.24) is 4.90 Å². The van der Waals surface area contributed by atoms with Crippen LogP contribution >= 0.6 is 0 Å². The highest BCUT2D eigenvalue weighted by molar-refractivity contribution is 6.46. The number of ether oxygens (including phenoxy) is 5. The highest BCUT2D eigenvalue weighted by atomic mass is 16.6. The lowest BCUT2D eigenvalue weighted by Gasteiger charge is -2.30. The van der Waals surface area contributed by atoms with Crippen LogP contribution in [0.3, 0.4) is 0 Å². The van der Waals surface area contributed by atoms with Crippen LogP contribution < -0.4 is 29.0 Å². The van der Waals surface area contributed by atoms with Gasteiger partial charge in [0.25, 0.3) is 5.91 Å². The Kier molecular flexibility index (Phi) is 8.23. The molecule has 2 fully saturated rings. The van der Waals surface area contributed by atoms with Crippen molar-refractivity contribution in [2.75, 3.05) is 65.8 Å². The van der Waals surface area contributed by atoms with Gasteiger partial charge in [-0.3, -0.25) is 9.59 Å². The van der Waals surface area contributed by atoms with E-state index in [0.29, 0.717) is 81.3 Å². The first-order valence-corrected chi connectivity index (χ1v) is 13.5. The Morgan fingerprint density at radius 2 is 1.67 bits per heavy atom. The molecule has 0 aromatic heterocycles. The second-order valence-electron chi connectivity index (χ2n) is 9.52. The molecule has 0 aliphatic carbocycles. The number of benzene rings is 2. The molecule has 10 heteroatoms. The van der Waals surface area contributed by atoms with Crippen LogP contribution in [-0.4, -0.2) is 82.4 Å². The standard InChI is InChI=1S/C29H34N2O8/c1-3-36-21-7-5-19(17-23(21)37-4-2)26-25(27(32)20-6-8-22-24(18-20)39-16-15-38-22)28(33)29(34)31(26)10-9-30-11-13-35-14-12-30/h5-8,17-18,26,32H,3-4,9-16H2,1-2H3. The van der Waals surface area contributed by atoms with E-state index in [-0.39, 0.29) is 11.1 Å². The van der Waals surface area contributed by atoms with E-state index in [1.165, 1.54) is 9.80 Å². The van der Waals surface area contributed by atoms with Gasteiger partial charge in [-0.05, 0) is 49.2 Å². The summed E-state index contributed by atoms with van der Waals surface area (Å²) in [5.41, 5.74) is 0.788. The van der Waals surface area contributed by atoms with E-state index in [4.69, 9.17) is 23.7 Å². The summed E-state index contributed by atoms with van der Waals surface area (Å²) in [6.45, 7) is 9.31. The van der Waals surface area contributed by atoms with Gasteiger partial charge in [0.1, 0.15) is 26.3 Å². The molecule has 5 rings (SSSR count). The molecule has 208 valence electrons. The Balaban J connectivity index is 1.57. The number of amides is 1. The molecule has 0 radical (unpaired) electrons. The molecule has 3 aliphatic heterocycles. The predicted molar refractivity (Wildman–Crippen MR) is 139 cm³/mol. The molecule has 3 aliphatic rings. The minimum absolute atomic E-state index is 0.0831. The average Bonchev–Trinajstić information content (AvgIpc) is 3.22. The van der Waals surface area contributed by atoms with Crippen molar-refractivity contribution < 1.29 is 43.3 Å². The van der Waals surface area contributed by atoms with E-state index >= 15 is 0 Å². The number of hydrogen-bond acceptors (Lipinski definition) is 8. The third kappa shape index (κ3) is 5.53. The number of morpholine rings is 1. The number of hydrogen-bond donors (Lipinski definition) is 1. The molecule has 2 aromatic carbocycles. The summed E-state index contributed by atoms with van der Waals surface area (Å²) in [7, 11) is 0. The highest BCUT2D eigenvalue weighted by Crippen LogP contribution is 2.42.